The maximum atomic E-state index is 6.19. The van der Waals surface area contributed by atoms with Crippen LogP contribution >= 0.6 is 35.8 Å². The van der Waals surface area contributed by atoms with Gasteiger partial charge in [0.25, 0.3) is 0 Å². The van der Waals surface area contributed by atoms with Crippen molar-refractivity contribution in [2.24, 2.45) is 16.8 Å². The summed E-state index contributed by atoms with van der Waals surface area (Å²) >= 11 is 7.54. The summed E-state index contributed by atoms with van der Waals surface area (Å²) in [5.41, 5.74) is 8.22. The molecule has 1 atom stereocenters. The van der Waals surface area contributed by atoms with Crippen LogP contribution in [0.1, 0.15) is 31.3 Å². The quantitative estimate of drug-likeness (QED) is 0.913. The van der Waals surface area contributed by atoms with Gasteiger partial charge in [-0.3, -0.25) is 0 Å². The maximum Gasteiger partial charge on any atom is 0.212 e. The van der Waals surface area contributed by atoms with Crippen LogP contribution in [0, 0.1) is 5.92 Å². The number of benzene rings is 1. The average Bonchev–Trinajstić information content (AvgIpc) is 2.90. The highest BCUT2D eigenvalue weighted by Crippen LogP contribution is 2.27. The summed E-state index contributed by atoms with van der Waals surface area (Å²) < 4.78 is 1.77. The van der Waals surface area contributed by atoms with E-state index in [0.29, 0.717) is 5.82 Å². The molecular formula is C14H17Cl2N5S. The van der Waals surface area contributed by atoms with E-state index in [-0.39, 0.29) is 24.4 Å². The number of rotatable bonds is 3. The lowest BCUT2D eigenvalue weighted by Crippen LogP contribution is -2.23. The Morgan fingerprint density at radius 2 is 1.91 bits per heavy atom. The van der Waals surface area contributed by atoms with Gasteiger partial charge in [0.1, 0.15) is 0 Å². The maximum absolute atomic E-state index is 6.19. The number of nitrogens with zero attached hydrogens (tertiary/aromatic N) is 4. The van der Waals surface area contributed by atoms with Crippen LogP contribution in [-0.4, -0.2) is 26.3 Å². The molecule has 1 aromatic heterocycles. The van der Waals surface area contributed by atoms with Crippen molar-refractivity contribution in [2.75, 3.05) is 5.75 Å². The Labute approximate surface area is 144 Å². The van der Waals surface area contributed by atoms with Crippen LogP contribution < -0.4 is 5.73 Å². The molecule has 0 saturated carbocycles. The average molecular weight is 358 g/mol. The molecule has 0 radical (unpaired) electrons. The van der Waals surface area contributed by atoms with Gasteiger partial charge in [-0.2, -0.15) is 9.78 Å². The van der Waals surface area contributed by atoms with Crippen molar-refractivity contribution in [3.8, 4) is 0 Å². The molecule has 0 aliphatic carbocycles. The zero-order valence-corrected chi connectivity index (χ0v) is 14.6. The number of hydrogen-bond donors (Lipinski definition) is 1. The van der Waals surface area contributed by atoms with E-state index >= 15 is 0 Å². The SMILES string of the molecule is CC(C)C(N)c1nnc2n1N=C(c1ccc(Cl)cc1)CS2.Cl. The van der Waals surface area contributed by atoms with Crippen molar-refractivity contribution < 1.29 is 0 Å². The minimum Gasteiger partial charge on any atom is -0.321 e. The first-order chi connectivity index (χ1) is 10.1. The third-order valence-electron chi connectivity index (χ3n) is 3.39. The lowest BCUT2D eigenvalue weighted by atomic mass is 10.1. The summed E-state index contributed by atoms with van der Waals surface area (Å²) in [5, 5.41) is 14.6. The van der Waals surface area contributed by atoms with Crippen molar-refractivity contribution >= 4 is 41.5 Å². The van der Waals surface area contributed by atoms with Gasteiger partial charge in [-0.05, 0) is 23.6 Å². The highest BCUT2D eigenvalue weighted by Gasteiger charge is 2.24. The lowest BCUT2D eigenvalue weighted by Gasteiger charge is -2.18. The van der Waals surface area contributed by atoms with Crippen molar-refractivity contribution in [1.82, 2.24) is 14.9 Å². The third-order valence-corrected chi connectivity index (χ3v) is 4.57. The zero-order chi connectivity index (χ0) is 15.0. The first kappa shape index (κ1) is 17.3. The Hall–Kier alpha value is -1.08. The highest BCUT2D eigenvalue weighted by molar-refractivity contribution is 7.99. The van der Waals surface area contributed by atoms with Gasteiger partial charge in [0.05, 0.1) is 11.8 Å². The molecule has 0 spiro atoms. The first-order valence-corrected chi connectivity index (χ1v) is 8.10. The van der Waals surface area contributed by atoms with E-state index in [9.17, 15) is 0 Å². The summed E-state index contributed by atoms with van der Waals surface area (Å²) in [6.07, 6.45) is 0. The molecule has 0 amide bonds. The van der Waals surface area contributed by atoms with Crippen molar-refractivity contribution in [2.45, 2.75) is 25.0 Å². The molecule has 5 nitrogen and oxygen atoms in total. The number of hydrogen-bond acceptors (Lipinski definition) is 5. The molecule has 0 fully saturated rings. The largest absolute Gasteiger partial charge is 0.321 e. The fourth-order valence-corrected chi connectivity index (χ4v) is 3.00. The Morgan fingerprint density at radius 3 is 2.55 bits per heavy atom. The Kier molecular flexibility index (Phi) is 5.50. The van der Waals surface area contributed by atoms with Gasteiger partial charge in [0, 0.05) is 10.8 Å². The summed E-state index contributed by atoms with van der Waals surface area (Å²) in [7, 11) is 0. The van der Waals surface area contributed by atoms with Crippen molar-refractivity contribution in [3.05, 3.63) is 40.7 Å². The number of aromatic nitrogens is 3. The van der Waals surface area contributed by atoms with Crippen LogP contribution in [0.5, 0.6) is 0 Å². The van der Waals surface area contributed by atoms with Crippen molar-refractivity contribution in [1.29, 1.82) is 0 Å². The molecule has 1 unspecified atom stereocenters. The predicted octanol–water partition coefficient (Wildman–Crippen LogP) is 3.37. The minimum absolute atomic E-state index is 0. The van der Waals surface area contributed by atoms with E-state index in [0.717, 1.165) is 27.2 Å². The minimum atomic E-state index is -0.180. The van der Waals surface area contributed by atoms with Gasteiger partial charge in [-0.15, -0.1) is 22.6 Å². The molecule has 22 heavy (non-hydrogen) atoms. The van der Waals surface area contributed by atoms with Crippen LogP contribution in [0.2, 0.25) is 5.02 Å². The van der Waals surface area contributed by atoms with Crippen LogP contribution in [-0.2, 0) is 0 Å². The predicted molar refractivity (Wildman–Crippen MR) is 93.1 cm³/mol. The normalized spacial score (nSPS) is 15.0. The van der Waals surface area contributed by atoms with Crippen LogP contribution in [0.3, 0.4) is 0 Å². The Balaban J connectivity index is 0.00000176. The molecule has 2 N–H and O–H groups in total. The van der Waals surface area contributed by atoms with Crippen LogP contribution in [0.25, 0.3) is 0 Å². The Bertz CT molecular complexity index is 681. The van der Waals surface area contributed by atoms with E-state index < -0.39 is 0 Å². The summed E-state index contributed by atoms with van der Waals surface area (Å²) in [6.45, 7) is 4.12. The van der Waals surface area contributed by atoms with E-state index in [1.54, 1.807) is 16.4 Å². The smallest absolute Gasteiger partial charge is 0.212 e. The fraction of sp³-hybridized carbons (Fsp3) is 0.357. The van der Waals surface area contributed by atoms with Gasteiger partial charge >= 0.3 is 0 Å². The fourth-order valence-electron chi connectivity index (χ4n) is 2.03. The number of fused-ring (bicyclic) bond motifs is 1. The second-order valence-corrected chi connectivity index (χ2v) is 6.64. The summed E-state index contributed by atoms with van der Waals surface area (Å²) in [6, 6.07) is 7.50. The first-order valence-electron chi connectivity index (χ1n) is 6.73. The van der Waals surface area contributed by atoms with Gasteiger partial charge < -0.3 is 5.73 Å². The monoisotopic (exact) mass is 357 g/mol. The molecule has 118 valence electrons. The molecule has 8 heteroatoms. The number of halogens is 2. The number of nitrogens with two attached hydrogens (primary N) is 1. The number of thioether (sulfide) groups is 1. The molecule has 1 aromatic carbocycles. The van der Waals surface area contributed by atoms with Crippen molar-refractivity contribution in [3.63, 3.8) is 0 Å². The van der Waals surface area contributed by atoms with Gasteiger partial charge in [0.2, 0.25) is 5.16 Å². The van der Waals surface area contributed by atoms with E-state index in [1.807, 2.05) is 24.3 Å². The molecule has 3 rings (SSSR count). The zero-order valence-electron chi connectivity index (χ0n) is 12.2. The Morgan fingerprint density at radius 1 is 1.23 bits per heavy atom. The second kappa shape index (κ2) is 7.00. The molecule has 1 aliphatic rings. The lowest BCUT2D eigenvalue weighted by molar-refractivity contribution is 0.470. The molecule has 0 bridgehead atoms. The van der Waals surface area contributed by atoms with E-state index in [4.69, 9.17) is 17.3 Å². The standard InChI is InChI=1S/C14H16ClN5S.ClH/c1-8(2)12(16)13-17-18-14-20(13)19-11(7-21-14)9-3-5-10(15)6-4-9;/h3-6,8,12H,7,16H2,1-2H3;1H. The van der Waals surface area contributed by atoms with Gasteiger partial charge in [-0.25, -0.2) is 0 Å². The van der Waals surface area contributed by atoms with E-state index in [1.165, 1.54) is 0 Å². The van der Waals surface area contributed by atoms with Crippen LogP contribution in [0.15, 0.2) is 34.5 Å². The topological polar surface area (TPSA) is 69.1 Å². The molecule has 2 heterocycles. The molecule has 1 aliphatic heterocycles. The highest BCUT2D eigenvalue weighted by atomic mass is 35.5. The second-order valence-electron chi connectivity index (χ2n) is 5.26. The molecular weight excluding hydrogens is 341 g/mol. The molecule has 0 saturated heterocycles. The summed E-state index contributed by atoms with van der Waals surface area (Å²) in [5.74, 6) is 1.74. The van der Waals surface area contributed by atoms with Crippen LogP contribution in [0.4, 0.5) is 0 Å². The summed E-state index contributed by atoms with van der Waals surface area (Å²) in [4.78, 5) is 0. The van der Waals surface area contributed by atoms with Gasteiger partial charge in [-0.1, -0.05) is 49.3 Å². The third kappa shape index (κ3) is 3.30. The van der Waals surface area contributed by atoms with Gasteiger partial charge in [0.15, 0.2) is 5.82 Å². The van der Waals surface area contributed by atoms with E-state index in [2.05, 4.69) is 29.1 Å². The molecule has 2 aromatic rings.